The lowest BCUT2D eigenvalue weighted by atomic mass is 9.98. The van der Waals surface area contributed by atoms with Gasteiger partial charge >= 0.3 is 11.8 Å². The van der Waals surface area contributed by atoms with Crippen LogP contribution in [0.5, 0.6) is 0 Å². The highest BCUT2D eigenvalue weighted by Gasteiger charge is 2.15. The minimum atomic E-state index is -0.632. The molecule has 0 saturated heterocycles. The topological polar surface area (TPSA) is 61.4 Å². The Morgan fingerprint density at radius 3 is 2.52 bits per heavy atom. The molecule has 0 radical (unpaired) electrons. The van der Waals surface area contributed by atoms with E-state index in [2.05, 4.69) is 40.8 Å². The van der Waals surface area contributed by atoms with Crippen LogP contribution in [0.25, 0.3) is 0 Å². The molecule has 3 rings (SSSR count). The van der Waals surface area contributed by atoms with E-state index in [-0.39, 0.29) is 0 Å². The minimum Gasteiger partial charge on any atom is -0.374 e. The highest BCUT2D eigenvalue weighted by Crippen LogP contribution is 2.26. The van der Waals surface area contributed by atoms with Crippen LogP contribution in [0.4, 0.5) is 11.4 Å². The van der Waals surface area contributed by atoms with Crippen molar-refractivity contribution in [2.75, 3.05) is 30.4 Å². The molecule has 0 aromatic heterocycles. The van der Waals surface area contributed by atoms with Crippen LogP contribution >= 0.6 is 0 Å². The summed E-state index contributed by atoms with van der Waals surface area (Å²) < 4.78 is 0. The number of carbonyl (C=O) groups excluding carboxylic acids is 2. The number of carbonyl (C=O) groups is 2. The van der Waals surface area contributed by atoms with E-state index in [0.29, 0.717) is 18.7 Å². The Bertz CT molecular complexity index is 840. The number of hydrogen-bond donors (Lipinski definition) is 2. The van der Waals surface area contributed by atoms with Gasteiger partial charge in [0.2, 0.25) is 0 Å². The number of fused-ring (bicyclic) bond motifs is 1. The SMILES string of the molecule is Cc1cc(C)cc(NC(=O)C(=O)NCCc2ccc3c(c2)CCCN3C)c1. The summed E-state index contributed by atoms with van der Waals surface area (Å²) in [7, 11) is 2.12. The fourth-order valence-corrected chi connectivity index (χ4v) is 3.63. The largest absolute Gasteiger partial charge is 0.374 e. The Morgan fingerprint density at radius 2 is 1.78 bits per heavy atom. The van der Waals surface area contributed by atoms with Gasteiger partial charge in [0.1, 0.15) is 0 Å². The van der Waals surface area contributed by atoms with Crippen molar-refractivity contribution in [3.05, 3.63) is 58.7 Å². The number of anilines is 2. The van der Waals surface area contributed by atoms with Crippen LogP contribution in [0, 0.1) is 13.8 Å². The number of amides is 2. The highest BCUT2D eigenvalue weighted by molar-refractivity contribution is 6.39. The molecule has 0 spiro atoms. The summed E-state index contributed by atoms with van der Waals surface area (Å²) in [6, 6.07) is 12.2. The summed E-state index contributed by atoms with van der Waals surface area (Å²) in [6.45, 7) is 5.45. The maximum Gasteiger partial charge on any atom is 0.313 e. The predicted molar refractivity (Wildman–Crippen MR) is 109 cm³/mol. The molecule has 0 atom stereocenters. The predicted octanol–water partition coefficient (Wildman–Crippen LogP) is 2.98. The zero-order valence-corrected chi connectivity index (χ0v) is 16.3. The van der Waals surface area contributed by atoms with Gasteiger partial charge in [-0.15, -0.1) is 0 Å². The molecule has 0 aliphatic carbocycles. The molecule has 2 aromatic rings. The van der Waals surface area contributed by atoms with Crippen molar-refractivity contribution in [3.63, 3.8) is 0 Å². The summed E-state index contributed by atoms with van der Waals surface area (Å²) in [5.74, 6) is -1.24. The second-order valence-electron chi connectivity index (χ2n) is 7.32. The second-order valence-corrected chi connectivity index (χ2v) is 7.32. The average Bonchev–Trinajstić information content (AvgIpc) is 2.61. The molecular weight excluding hydrogens is 338 g/mol. The first-order valence-electron chi connectivity index (χ1n) is 9.43. The molecule has 142 valence electrons. The summed E-state index contributed by atoms with van der Waals surface area (Å²) in [5, 5.41) is 5.37. The molecule has 0 unspecified atom stereocenters. The van der Waals surface area contributed by atoms with Gasteiger partial charge in [0, 0.05) is 31.5 Å². The Kier molecular flexibility index (Phi) is 5.79. The maximum absolute atomic E-state index is 12.1. The number of nitrogens with one attached hydrogen (secondary N) is 2. The van der Waals surface area contributed by atoms with Gasteiger partial charge in [-0.2, -0.15) is 0 Å². The molecule has 2 amide bonds. The van der Waals surface area contributed by atoms with Gasteiger partial charge in [-0.1, -0.05) is 18.2 Å². The molecule has 2 aromatic carbocycles. The first kappa shape index (κ1) is 19.0. The van der Waals surface area contributed by atoms with Crippen LogP contribution in [0.1, 0.15) is 28.7 Å². The van der Waals surface area contributed by atoms with E-state index in [4.69, 9.17) is 0 Å². The number of benzene rings is 2. The normalized spacial score (nSPS) is 13.1. The van der Waals surface area contributed by atoms with Crippen LogP contribution in [0.2, 0.25) is 0 Å². The van der Waals surface area contributed by atoms with Crippen LogP contribution in [-0.2, 0) is 22.4 Å². The minimum absolute atomic E-state index is 0.438. The second kappa shape index (κ2) is 8.25. The summed E-state index contributed by atoms with van der Waals surface area (Å²) in [5.41, 5.74) is 6.57. The molecule has 5 heteroatoms. The standard InChI is InChI=1S/C22H27N3O2/c1-15-11-16(2)13-19(12-15)24-22(27)21(26)23-9-8-17-6-7-20-18(14-17)5-4-10-25(20)3/h6-7,11-14H,4-5,8-10H2,1-3H3,(H,23,26)(H,24,27). The van der Waals surface area contributed by atoms with E-state index >= 15 is 0 Å². The van der Waals surface area contributed by atoms with Gasteiger partial charge < -0.3 is 15.5 Å². The van der Waals surface area contributed by atoms with E-state index in [1.165, 1.54) is 23.2 Å². The van der Waals surface area contributed by atoms with E-state index < -0.39 is 11.8 Å². The molecule has 2 N–H and O–H groups in total. The van der Waals surface area contributed by atoms with Crippen LogP contribution < -0.4 is 15.5 Å². The average molecular weight is 365 g/mol. The molecule has 0 bridgehead atoms. The summed E-state index contributed by atoms with van der Waals surface area (Å²) in [6.07, 6.45) is 2.97. The van der Waals surface area contributed by atoms with Crippen LogP contribution in [0.3, 0.4) is 0 Å². The molecular formula is C22H27N3O2. The maximum atomic E-state index is 12.1. The third-order valence-electron chi connectivity index (χ3n) is 4.88. The van der Waals surface area contributed by atoms with Crippen molar-refractivity contribution in [3.8, 4) is 0 Å². The number of nitrogens with zero attached hydrogens (tertiary/aromatic N) is 1. The molecule has 5 nitrogen and oxygen atoms in total. The third kappa shape index (κ3) is 4.88. The Morgan fingerprint density at radius 1 is 1.04 bits per heavy atom. The van der Waals surface area contributed by atoms with Crippen molar-refractivity contribution < 1.29 is 9.59 Å². The van der Waals surface area contributed by atoms with E-state index in [1.54, 1.807) is 0 Å². The fraction of sp³-hybridized carbons (Fsp3) is 0.364. The molecule has 27 heavy (non-hydrogen) atoms. The van der Waals surface area contributed by atoms with Crippen molar-refractivity contribution in [2.45, 2.75) is 33.1 Å². The lowest BCUT2D eigenvalue weighted by molar-refractivity contribution is -0.136. The van der Waals surface area contributed by atoms with E-state index in [9.17, 15) is 9.59 Å². The monoisotopic (exact) mass is 365 g/mol. The summed E-state index contributed by atoms with van der Waals surface area (Å²) in [4.78, 5) is 26.4. The van der Waals surface area contributed by atoms with Gasteiger partial charge in [0.25, 0.3) is 0 Å². The molecule has 1 aliphatic rings. The Labute approximate surface area is 160 Å². The smallest absolute Gasteiger partial charge is 0.313 e. The van der Waals surface area contributed by atoms with E-state index in [0.717, 1.165) is 24.1 Å². The van der Waals surface area contributed by atoms with Gasteiger partial charge in [0.05, 0.1) is 0 Å². The fourth-order valence-electron chi connectivity index (χ4n) is 3.63. The molecule has 1 heterocycles. The zero-order valence-electron chi connectivity index (χ0n) is 16.3. The van der Waals surface area contributed by atoms with Crippen molar-refractivity contribution in [1.29, 1.82) is 0 Å². The lowest BCUT2D eigenvalue weighted by Gasteiger charge is -2.27. The third-order valence-corrected chi connectivity index (χ3v) is 4.88. The molecule has 0 fully saturated rings. The van der Waals surface area contributed by atoms with Crippen LogP contribution in [-0.4, -0.2) is 32.0 Å². The summed E-state index contributed by atoms with van der Waals surface area (Å²) >= 11 is 0. The first-order chi connectivity index (χ1) is 12.9. The van der Waals surface area contributed by atoms with Crippen molar-refractivity contribution in [1.82, 2.24) is 5.32 Å². The van der Waals surface area contributed by atoms with Gasteiger partial charge in [0.15, 0.2) is 0 Å². The van der Waals surface area contributed by atoms with Crippen molar-refractivity contribution in [2.24, 2.45) is 0 Å². The van der Waals surface area contributed by atoms with Gasteiger partial charge in [-0.25, -0.2) is 0 Å². The molecule has 1 aliphatic heterocycles. The first-order valence-corrected chi connectivity index (χ1v) is 9.43. The van der Waals surface area contributed by atoms with Crippen molar-refractivity contribution >= 4 is 23.2 Å². The Balaban J connectivity index is 1.51. The number of rotatable bonds is 4. The molecule has 0 saturated carbocycles. The van der Waals surface area contributed by atoms with Gasteiger partial charge in [-0.3, -0.25) is 9.59 Å². The quantitative estimate of drug-likeness (QED) is 0.819. The zero-order chi connectivity index (χ0) is 19.4. The lowest BCUT2D eigenvalue weighted by Crippen LogP contribution is -2.36. The van der Waals surface area contributed by atoms with Gasteiger partial charge in [-0.05, 0) is 73.6 Å². The Hall–Kier alpha value is -2.82. The van der Waals surface area contributed by atoms with Crippen LogP contribution in [0.15, 0.2) is 36.4 Å². The highest BCUT2D eigenvalue weighted by atomic mass is 16.2. The number of hydrogen-bond acceptors (Lipinski definition) is 3. The van der Waals surface area contributed by atoms with E-state index in [1.807, 2.05) is 32.0 Å². The number of aryl methyl sites for hydroxylation is 3.